The first-order valence-corrected chi connectivity index (χ1v) is 13.5. The molecule has 0 unspecified atom stereocenters. The molecule has 1 aliphatic heterocycles. The molecule has 4 aromatic rings. The smallest absolute Gasteiger partial charge is 0.277 e. The van der Waals surface area contributed by atoms with E-state index in [9.17, 15) is 9.18 Å². The third-order valence-electron chi connectivity index (χ3n) is 7.43. The Kier molecular flexibility index (Phi) is 7.86. The molecule has 208 valence electrons. The first-order chi connectivity index (χ1) is 18.9. The topological polar surface area (TPSA) is 89.1 Å². The Morgan fingerprint density at radius 3 is 2.56 bits per heavy atom. The molecule has 0 N–H and O–H groups in total. The van der Waals surface area contributed by atoms with Crippen LogP contribution in [0.15, 0.2) is 35.1 Å². The fourth-order valence-electron chi connectivity index (χ4n) is 5.38. The van der Waals surface area contributed by atoms with Gasteiger partial charge in [0, 0.05) is 64.7 Å². The minimum Gasteiger partial charge on any atom is -0.493 e. The summed E-state index contributed by atoms with van der Waals surface area (Å²) in [6.07, 6.45) is 2.57. The van der Waals surface area contributed by atoms with Gasteiger partial charge >= 0.3 is 0 Å². The fourth-order valence-corrected chi connectivity index (χ4v) is 5.38. The lowest BCUT2D eigenvalue weighted by Gasteiger charge is -2.36. The van der Waals surface area contributed by atoms with Gasteiger partial charge in [-0.1, -0.05) is 6.92 Å². The number of hydrogen-bond acceptors (Lipinski definition) is 7. The molecule has 0 amide bonds. The van der Waals surface area contributed by atoms with E-state index in [1.165, 1.54) is 12.1 Å². The number of aromatic nitrogens is 4. The van der Waals surface area contributed by atoms with Crippen LogP contribution in [0.2, 0.25) is 0 Å². The van der Waals surface area contributed by atoms with Crippen LogP contribution in [0.1, 0.15) is 50.2 Å². The summed E-state index contributed by atoms with van der Waals surface area (Å²) in [5.41, 5.74) is 2.74. The molecule has 1 aliphatic rings. The van der Waals surface area contributed by atoms with Crippen LogP contribution in [0.25, 0.3) is 16.7 Å². The van der Waals surface area contributed by atoms with Gasteiger partial charge in [0.2, 0.25) is 5.88 Å². The molecule has 1 saturated heterocycles. The maximum Gasteiger partial charge on any atom is 0.277 e. The lowest BCUT2D eigenvalue weighted by molar-refractivity contribution is -0.0950. The summed E-state index contributed by atoms with van der Waals surface area (Å²) in [4.78, 5) is 22.5. The van der Waals surface area contributed by atoms with E-state index in [0.29, 0.717) is 87.1 Å². The number of fused-ring (bicyclic) bond motifs is 3. The van der Waals surface area contributed by atoms with Crippen molar-refractivity contribution in [2.45, 2.75) is 58.6 Å². The van der Waals surface area contributed by atoms with Crippen molar-refractivity contribution in [2.75, 3.05) is 33.5 Å². The highest BCUT2D eigenvalue weighted by Gasteiger charge is 2.35. The number of halogens is 1. The van der Waals surface area contributed by atoms with Gasteiger partial charge in [-0.05, 0) is 37.6 Å². The van der Waals surface area contributed by atoms with Crippen LogP contribution in [-0.2, 0) is 28.0 Å². The second kappa shape index (κ2) is 11.3. The maximum atomic E-state index is 14.4. The van der Waals surface area contributed by atoms with Crippen LogP contribution >= 0.6 is 0 Å². The van der Waals surface area contributed by atoms with Gasteiger partial charge in [0.25, 0.3) is 5.56 Å². The lowest BCUT2D eigenvalue weighted by Crippen LogP contribution is -2.35. The Hall–Kier alpha value is -3.50. The van der Waals surface area contributed by atoms with E-state index in [2.05, 4.69) is 4.98 Å². The number of benzene rings is 1. The van der Waals surface area contributed by atoms with Gasteiger partial charge in [-0.25, -0.2) is 9.37 Å². The zero-order chi connectivity index (χ0) is 27.6. The van der Waals surface area contributed by atoms with Gasteiger partial charge in [0.05, 0.1) is 30.0 Å². The Morgan fingerprint density at radius 2 is 1.85 bits per heavy atom. The largest absolute Gasteiger partial charge is 0.493 e. The van der Waals surface area contributed by atoms with Gasteiger partial charge in [-0.2, -0.15) is 4.98 Å². The highest BCUT2D eigenvalue weighted by molar-refractivity contribution is 5.77. The minimum absolute atomic E-state index is 0.0731. The van der Waals surface area contributed by atoms with Gasteiger partial charge in [-0.3, -0.25) is 9.20 Å². The predicted molar refractivity (Wildman–Crippen MR) is 145 cm³/mol. The van der Waals surface area contributed by atoms with Crippen molar-refractivity contribution in [3.05, 3.63) is 63.6 Å². The number of methoxy groups -OCH3 is 1. The second-order valence-electron chi connectivity index (χ2n) is 9.73. The van der Waals surface area contributed by atoms with Crippen LogP contribution in [0.3, 0.4) is 0 Å². The van der Waals surface area contributed by atoms with Crippen LogP contribution < -0.4 is 15.0 Å². The van der Waals surface area contributed by atoms with E-state index in [1.807, 2.05) is 37.3 Å². The first kappa shape index (κ1) is 27.1. The SMILES string of the molecule is CCc1nc(C)c2c(=O)n(CC)c3ccc(OCCCOc4cc(F)cc(C5(OC)CCOCC5)c4)nc3n12. The number of nitrogens with zero attached hydrogens (tertiary/aromatic N) is 4. The lowest BCUT2D eigenvalue weighted by atomic mass is 9.86. The number of aryl methyl sites for hydroxylation is 3. The minimum atomic E-state index is -0.567. The van der Waals surface area contributed by atoms with Crippen LogP contribution in [-0.4, -0.2) is 52.5 Å². The molecule has 0 saturated carbocycles. The van der Waals surface area contributed by atoms with Crippen molar-refractivity contribution in [1.29, 1.82) is 0 Å². The quantitative estimate of drug-likeness (QED) is 0.273. The van der Waals surface area contributed by atoms with E-state index >= 15 is 0 Å². The average molecular weight is 539 g/mol. The van der Waals surface area contributed by atoms with E-state index in [4.69, 9.17) is 23.9 Å². The molecule has 3 aromatic heterocycles. The molecule has 9 nitrogen and oxygen atoms in total. The first-order valence-electron chi connectivity index (χ1n) is 13.5. The summed E-state index contributed by atoms with van der Waals surface area (Å²) in [5.74, 6) is 1.34. The number of pyridine rings is 1. The highest BCUT2D eigenvalue weighted by Crippen LogP contribution is 2.37. The van der Waals surface area contributed by atoms with E-state index in [-0.39, 0.29) is 11.4 Å². The van der Waals surface area contributed by atoms with Crippen molar-refractivity contribution >= 4 is 16.7 Å². The van der Waals surface area contributed by atoms with Crippen molar-refractivity contribution in [3.8, 4) is 11.6 Å². The number of ether oxygens (including phenoxy) is 4. The molecule has 0 atom stereocenters. The molecule has 1 fully saturated rings. The van der Waals surface area contributed by atoms with Crippen LogP contribution in [0.5, 0.6) is 11.6 Å². The highest BCUT2D eigenvalue weighted by atomic mass is 19.1. The molecule has 10 heteroatoms. The fraction of sp³-hybridized carbons (Fsp3) is 0.483. The van der Waals surface area contributed by atoms with Crippen LogP contribution in [0.4, 0.5) is 4.39 Å². The summed E-state index contributed by atoms with van der Waals surface area (Å²) in [7, 11) is 1.65. The van der Waals surface area contributed by atoms with E-state index in [1.54, 1.807) is 17.7 Å². The Balaban J connectivity index is 1.28. The molecular weight excluding hydrogens is 503 g/mol. The van der Waals surface area contributed by atoms with Crippen molar-refractivity contribution in [2.24, 2.45) is 0 Å². The Morgan fingerprint density at radius 1 is 1.08 bits per heavy atom. The molecule has 0 radical (unpaired) electrons. The third-order valence-corrected chi connectivity index (χ3v) is 7.43. The zero-order valence-corrected chi connectivity index (χ0v) is 23.0. The zero-order valence-electron chi connectivity index (χ0n) is 23.0. The molecular formula is C29H35FN4O5. The second-order valence-corrected chi connectivity index (χ2v) is 9.73. The summed E-state index contributed by atoms with van der Waals surface area (Å²) >= 11 is 0. The molecule has 1 aromatic carbocycles. The summed E-state index contributed by atoms with van der Waals surface area (Å²) in [5, 5.41) is 0. The van der Waals surface area contributed by atoms with Crippen molar-refractivity contribution < 1.29 is 23.3 Å². The number of imidazole rings is 1. The molecule has 39 heavy (non-hydrogen) atoms. The number of hydrogen-bond donors (Lipinski definition) is 0. The monoisotopic (exact) mass is 538 g/mol. The van der Waals surface area contributed by atoms with Crippen molar-refractivity contribution in [1.82, 2.24) is 18.9 Å². The van der Waals surface area contributed by atoms with E-state index in [0.717, 1.165) is 16.9 Å². The van der Waals surface area contributed by atoms with Crippen molar-refractivity contribution in [3.63, 3.8) is 0 Å². The molecule has 0 aliphatic carbocycles. The Bertz CT molecular complexity index is 1540. The summed E-state index contributed by atoms with van der Waals surface area (Å²) in [6, 6.07) is 8.38. The normalized spacial score (nSPS) is 15.2. The molecule has 5 rings (SSSR count). The predicted octanol–water partition coefficient (Wildman–Crippen LogP) is 4.57. The maximum absolute atomic E-state index is 14.4. The third kappa shape index (κ3) is 5.10. The summed E-state index contributed by atoms with van der Waals surface area (Å²) in [6.45, 7) is 8.17. The van der Waals surface area contributed by atoms with E-state index < -0.39 is 5.60 Å². The van der Waals surface area contributed by atoms with Gasteiger partial charge in [0.15, 0.2) is 5.65 Å². The summed E-state index contributed by atoms with van der Waals surface area (Å²) < 4.78 is 41.1. The van der Waals surface area contributed by atoms with Gasteiger partial charge < -0.3 is 23.5 Å². The standard InChI is InChI=1S/C29H35FN4O5/c1-5-24-31-19(3)26-28(35)33(6-2)23-8-9-25(32-27(23)34(24)26)39-13-7-12-38-22-17-20(16-21(30)18-22)29(36-4)10-14-37-15-11-29/h8-9,16-18H,5-7,10-15H2,1-4H3. The molecule has 0 bridgehead atoms. The van der Waals surface area contributed by atoms with Gasteiger partial charge in [-0.15, -0.1) is 0 Å². The van der Waals surface area contributed by atoms with Gasteiger partial charge in [0.1, 0.15) is 22.9 Å². The number of rotatable bonds is 10. The Labute approximate surface area is 226 Å². The molecule has 0 spiro atoms. The average Bonchev–Trinajstić information content (AvgIpc) is 3.30. The van der Waals surface area contributed by atoms with Crippen LogP contribution in [0, 0.1) is 12.7 Å². The molecule has 4 heterocycles.